The summed E-state index contributed by atoms with van der Waals surface area (Å²) in [6.07, 6.45) is 0. The van der Waals surface area contributed by atoms with Crippen molar-refractivity contribution in [3.8, 4) is 0 Å². The zero-order valence-corrected chi connectivity index (χ0v) is 4.81. The molecule has 0 fully saturated rings. The van der Waals surface area contributed by atoms with Gasteiger partial charge in [0.25, 0.3) is 0 Å². The van der Waals surface area contributed by atoms with Crippen LogP contribution in [0.2, 0.25) is 1.41 Å². The van der Waals surface area contributed by atoms with Gasteiger partial charge in [-0.2, -0.15) is 0 Å². The summed E-state index contributed by atoms with van der Waals surface area (Å²) in [5, 5.41) is 0. The van der Waals surface area contributed by atoms with E-state index < -0.39 is 0 Å². The lowest BCUT2D eigenvalue weighted by Gasteiger charge is -2.00. The van der Waals surface area contributed by atoms with Gasteiger partial charge < -0.3 is 0 Å². The topological polar surface area (TPSA) is 16.8 Å². The third kappa shape index (κ3) is 0.800. The highest BCUT2D eigenvalue weighted by molar-refractivity contribution is 5.71. The summed E-state index contributed by atoms with van der Waals surface area (Å²) in [5.41, 5.74) is 0. The SMILES string of the molecule is [3H][N+]1(C)CCN=C1C. The third-order valence-electron chi connectivity index (χ3n) is 1.33. The molecule has 1 aliphatic rings. The molecular formula is C5H11N2+. The summed E-state index contributed by atoms with van der Waals surface area (Å²) in [7, 11) is 1.85. The molecule has 2 heteroatoms. The average molecular weight is 101 g/mol. The van der Waals surface area contributed by atoms with Crippen molar-refractivity contribution >= 4 is 5.84 Å². The Morgan fingerprint density at radius 3 is 2.86 bits per heavy atom. The molecule has 1 rings (SSSR count). The molecule has 0 aromatic heterocycles. The highest BCUT2D eigenvalue weighted by Gasteiger charge is 2.10. The molecule has 40 valence electrons. The Morgan fingerprint density at radius 2 is 2.71 bits per heavy atom. The summed E-state index contributed by atoms with van der Waals surface area (Å²) in [6.45, 7) is 3.57. The van der Waals surface area contributed by atoms with Crippen LogP contribution < -0.4 is 4.89 Å². The van der Waals surface area contributed by atoms with Gasteiger partial charge >= 0.3 is 1.41 Å². The van der Waals surface area contributed by atoms with Gasteiger partial charge in [-0.05, 0) is 0 Å². The van der Waals surface area contributed by atoms with E-state index in [1.54, 1.807) is 0 Å². The van der Waals surface area contributed by atoms with Gasteiger partial charge in [-0.25, -0.2) is 4.99 Å². The van der Waals surface area contributed by atoms with E-state index in [4.69, 9.17) is 1.41 Å². The number of hydrogen-bond acceptors (Lipinski definition) is 1. The van der Waals surface area contributed by atoms with E-state index in [9.17, 15) is 0 Å². The van der Waals surface area contributed by atoms with Gasteiger partial charge in [0, 0.05) is 6.92 Å². The minimum atomic E-state index is 0.236. The van der Waals surface area contributed by atoms with Crippen molar-refractivity contribution in [2.75, 3.05) is 20.1 Å². The Balaban J connectivity index is 2.73. The number of nitrogens with zero attached hydrogens (tertiary/aromatic N) is 1. The van der Waals surface area contributed by atoms with E-state index in [1.165, 1.54) is 0 Å². The predicted molar refractivity (Wildman–Crippen MR) is 29.7 cm³/mol. The van der Waals surface area contributed by atoms with E-state index in [-0.39, 0.29) is 4.89 Å². The molecule has 0 aromatic carbocycles. The number of nitrogens with one attached hydrogen (secondary N) is 1. The maximum absolute atomic E-state index is 7.50. The summed E-state index contributed by atoms with van der Waals surface area (Å²) < 4.78 is 7.50. The normalized spacial score (nSPS) is 43.1. The smallest absolute Gasteiger partial charge is 0.291 e. The van der Waals surface area contributed by atoms with Crippen molar-refractivity contribution in [1.29, 1.82) is 0 Å². The Hall–Kier alpha value is -0.370. The van der Waals surface area contributed by atoms with E-state index in [2.05, 4.69) is 4.99 Å². The summed E-state index contributed by atoms with van der Waals surface area (Å²) >= 11 is 0. The lowest BCUT2D eigenvalue weighted by Crippen LogP contribution is -3.09. The highest BCUT2D eigenvalue weighted by atomic mass is 15.2. The zero-order valence-electron chi connectivity index (χ0n) is 5.81. The van der Waals surface area contributed by atoms with Crippen LogP contribution >= 0.6 is 0 Å². The van der Waals surface area contributed by atoms with Gasteiger partial charge in [-0.15, -0.1) is 0 Å². The monoisotopic (exact) mass is 101 g/mol. The second kappa shape index (κ2) is 1.62. The van der Waals surface area contributed by atoms with Gasteiger partial charge in [0.15, 0.2) is 5.84 Å². The van der Waals surface area contributed by atoms with Gasteiger partial charge in [0.05, 0.1) is 13.6 Å². The lowest BCUT2D eigenvalue weighted by atomic mass is 10.6. The molecule has 1 heterocycles. The second-order valence-electron chi connectivity index (χ2n) is 1.85. The first kappa shape index (κ1) is 3.61. The van der Waals surface area contributed by atoms with Crippen molar-refractivity contribution in [2.45, 2.75) is 6.92 Å². The molecule has 2 nitrogen and oxygen atoms in total. The Labute approximate surface area is 45.3 Å². The number of likely N-dealkylation sites (N-methyl/N-ethyl adjacent to an activating group) is 1. The van der Waals surface area contributed by atoms with Crippen LogP contribution in [0.15, 0.2) is 4.99 Å². The van der Waals surface area contributed by atoms with Crippen LogP contribution in [-0.2, 0) is 0 Å². The molecule has 0 saturated carbocycles. The van der Waals surface area contributed by atoms with E-state index >= 15 is 0 Å². The standard InChI is InChI=1S/C5H10N2/c1-5-6-3-4-7(5)2/h3-4H2,1-2H3/p+1/i/hT. The molecule has 1 unspecified atom stereocenters. The summed E-state index contributed by atoms with van der Waals surface area (Å²) in [5.74, 6) is 0.921. The Bertz CT molecular complexity index is 128. The molecule has 1 N–H and O–H groups in total. The Kier molecular flexibility index (Phi) is 0.836. The molecule has 0 aliphatic carbocycles. The predicted octanol–water partition coefficient (Wildman–Crippen LogP) is -1.07. The number of rotatable bonds is 0. The zero-order chi connectivity index (χ0) is 6.20. The van der Waals surface area contributed by atoms with Crippen LogP contribution in [0.3, 0.4) is 0 Å². The summed E-state index contributed by atoms with van der Waals surface area (Å²) in [4.78, 5) is 4.33. The fourth-order valence-electron chi connectivity index (χ4n) is 0.644. The molecule has 0 aromatic rings. The quantitative estimate of drug-likeness (QED) is 0.400. The van der Waals surface area contributed by atoms with Gasteiger partial charge in [0.1, 0.15) is 6.54 Å². The molecule has 0 saturated heterocycles. The molecule has 0 spiro atoms. The lowest BCUT2D eigenvalue weighted by molar-refractivity contribution is -0.774. The minimum Gasteiger partial charge on any atom is -0.291 e. The van der Waals surface area contributed by atoms with Crippen molar-refractivity contribution in [3.63, 3.8) is 0 Å². The van der Waals surface area contributed by atoms with E-state index in [1.807, 2.05) is 14.0 Å². The van der Waals surface area contributed by atoms with Crippen molar-refractivity contribution in [1.82, 2.24) is 0 Å². The molecule has 7 heavy (non-hydrogen) atoms. The maximum Gasteiger partial charge on any atom is 0.355 e. The van der Waals surface area contributed by atoms with Gasteiger partial charge in [-0.1, -0.05) is 0 Å². The molecule has 1 atom stereocenters. The van der Waals surface area contributed by atoms with Crippen LogP contribution in [0, 0.1) is 0 Å². The van der Waals surface area contributed by atoms with Crippen LogP contribution in [0.4, 0.5) is 0 Å². The Morgan fingerprint density at radius 1 is 2.00 bits per heavy atom. The fourth-order valence-corrected chi connectivity index (χ4v) is 0.644. The highest BCUT2D eigenvalue weighted by Crippen LogP contribution is 1.72. The fraction of sp³-hybridized carbons (Fsp3) is 0.800. The molecule has 0 radical (unpaired) electrons. The maximum atomic E-state index is 7.50. The molecule has 1 aliphatic heterocycles. The number of amidine groups is 1. The third-order valence-corrected chi connectivity index (χ3v) is 1.33. The number of aliphatic imine (C=N–C) groups is 1. The first-order valence-corrected chi connectivity index (χ1v) is 2.53. The molecule has 0 amide bonds. The van der Waals surface area contributed by atoms with Crippen LogP contribution in [0.1, 0.15) is 6.92 Å². The molecule has 0 bridgehead atoms. The van der Waals surface area contributed by atoms with Gasteiger partial charge in [-0.3, -0.25) is 4.89 Å². The van der Waals surface area contributed by atoms with Crippen LogP contribution in [0.25, 0.3) is 0 Å². The van der Waals surface area contributed by atoms with Crippen molar-refractivity contribution in [2.24, 2.45) is 4.99 Å². The van der Waals surface area contributed by atoms with Crippen LogP contribution in [0.5, 0.6) is 0 Å². The van der Waals surface area contributed by atoms with Crippen LogP contribution in [-0.4, -0.2) is 26.0 Å². The number of hydrogen-bond donors (Lipinski definition) is 1. The van der Waals surface area contributed by atoms with E-state index in [0.29, 0.717) is 0 Å². The van der Waals surface area contributed by atoms with E-state index in [0.717, 1.165) is 18.9 Å². The van der Waals surface area contributed by atoms with Crippen molar-refractivity contribution < 1.29 is 6.30 Å². The summed E-state index contributed by atoms with van der Waals surface area (Å²) in [6, 6.07) is 0. The average Bonchev–Trinajstić information content (AvgIpc) is 1.86. The first-order chi connectivity index (χ1) is 3.63. The van der Waals surface area contributed by atoms with Gasteiger partial charge in [0.2, 0.25) is 0 Å². The first-order valence-electron chi connectivity index (χ1n) is 2.97. The largest absolute Gasteiger partial charge is 0.355 e. The second-order valence-corrected chi connectivity index (χ2v) is 1.85. The number of quaternary nitrogens is 1. The molecular weight excluding hydrogens is 88.1 g/mol. The van der Waals surface area contributed by atoms with Crippen molar-refractivity contribution in [3.05, 3.63) is 0 Å². The minimum absolute atomic E-state index is 0.236.